The molecule has 0 saturated heterocycles. The number of aliphatic imine (C=N–C) groups is 1. The van der Waals surface area contributed by atoms with Gasteiger partial charge in [-0.25, -0.2) is 0 Å². The van der Waals surface area contributed by atoms with Crippen molar-refractivity contribution in [1.29, 1.82) is 0 Å². The molecule has 0 unspecified atom stereocenters. The number of unbranched alkanes of at least 4 members (excludes halogenated alkanes) is 1. The van der Waals surface area contributed by atoms with Crippen molar-refractivity contribution in [3.63, 3.8) is 0 Å². The SMILES string of the molecule is CCCCN=C(N)C1CC1. The smallest absolute Gasteiger partial charge is 0.0968 e. The third kappa shape index (κ3) is 2.38. The molecule has 10 heavy (non-hydrogen) atoms. The van der Waals surface area contributed by atoms with Crippen LogP contribution in [0.2, 0.25) is 0 Å². The summed E-state index contributed by atoms with van der Waals surface area (Å²) in [6.07, 6.45) is 4.91. The van der Waals surface area contributed by atoms with Gasteiger partial charge in [0.2, 0.25) is 0 Å². The minimum atomic E-state index is 0.650. The van der Waals surface area contributed by atoms with Gasteiger partial charge < -0.3 is 5.73 Å². The van der Waals surface area contributed by atoms with Gasteiger partial charge in [0.25, 0.3) is 0 Å². The average Bonchev–Trinajstić information content (AvgIpc) is 2.69. The molecule has 0 aromatic rings. The van der Waals surface area contributed by atoms with E-state index in [2.05, 4.69) is 11.9 Å². The minimum Gasteiger partial charge on any atom is -0.387 e. The fraction of sp³-hybridized carbons (Fsp3) is 0.875. The standard InChI is InChI=1S/C8H16N2/c1-2-3-6-10-8(9)7-4-5-7/h7H,2-6H2,1H3,(H2,9,10). The Bertz CT molecular complexity index is 125. The summed E-state index contributed by atoms with van der Waals surface area (Å²) in [4.78, 5) is 4.27. The van der Waals surface area contributed by atoms with Crippen LogP contribution in [0.1, 0.15) is 32.6 Å². The third-order valence-corrected chi connectivity index (χ3v) is 1.80. The summed E-state index contributed by atoms with van der Waals surface area (Å²) in [6.45, 7) is 3.10. The maximum absolute atomic E-state index is 5.67. The summed E-state index contributed by atoms with van der Waals surface area (Å²) in [5, 5.41) is 0. The Labute approximate surface area is 62.5 Å². The molecular weight excluding hydrogens is 124 g/mol. The van der Waals surface area contributed by atoms with Crippen LogP contribution in [0.25, 0.3) is 0 Å². The molecule has 0 atom stereocenters. The van der Waals surface area contributed by atoms with Crippen LogP contribution in [0.4, 0.5) is 0 Å². The molecule has 2 N–H and O–H groups in total. The van der Waals surface area contributed by atoms with Gasteiger partial charge in [0, 0.05) is 12.5 Å². The van der Waals surface area contributed by atoms with E-state index in [1.807, 2.05) is 0 Å². The van der Waals surface area contributed by atoms with Crippen molar-refractivity contribution in [3.8, 4) is 0 Å². The van der Waals surface area contributed by atoms with Crippen LogP contribution in [0, 0.1) is 5.92 Å². The topological polar surface area (TPSA) is 38.4 Å². The highest BCUT2D eigenvalue weighted by molar-refractivity contribution is 5.84. The van der Waals surface area contributed by atoms with Gasteiger partial charge in [-0.05, 0) is 19.3 Å². The van der Waals surface area contributed by atoms with Gasteiger partial charge in [-0.2, -0.15) is 0 Å². The van der Waals surface area contributed by atoms with E-state index >= 15 is 0 Å². The summed E-state index contributed by atoms with van der Waals surface area (Å²) in [5.74, 6) is 1.55. The Hall–Kier alpha value is -0.530. The van der Waals surface area contributed by atoms with E-state index in [-0.39, 0.29) is 0 Å². The molecular formula is C8H16N2. The largest absolute Gasteiger partial charge is 0.387 e. The summed E-state index contributed by atoms with van der Waals surface area (Å²) >= 11 is 0. The molecule has 0 aromatic heterocycles. The molecule has 2 heteroatoms. The Morgan fingerprint density at radius 3 is 2.80 bits per heavy atom. The second-order valence-corrected chi connectivity index (χ2v) is 2.93. The van der Waals surface area contributed by atoms with E-state index in [1.54, 1.807) is 0 Å². The molecule has 0 bridgehead atoms. The van der Waals surface area contributed by atoms with Gasteiger partial charge >= 0.3 is 0 Å². The van der Waals surface area contributed by atoms with Crippen molar-refractivity contribution >= 4 is 5.84 Å². The van der Waals surface area contributed by atoms with Gasteiger partial charge in [-0.3, -0.25) is 4.99 Å². The Kier molecular flexibility index (Phi) is 2.72. The highest BCUT2D eigenvalue weighted by atomic mass is 14.9. The van der Waals surface area contributed by atoms with E-state index in [0.29, 0.717) is 5.92 Å². The van der Waals surface area contributed by atoms with E-state index in [4.69, 9.17) is 5.73 Å². The highest BCUT2D eigenvalue weighted by Gasteiger charge is 2.24. The number of rotatable bonds is 4. The maximum Gasteiger partial charge on any atom is 0.0968 e. The normalized spacial score (nSPS) is 19.5. The Balaban J connectivity index is 2.11. The number of hydrogen-bond donors (Lipinski definition) is 1. The second-order valence-electron chi connectivity index (χ2n) is 2.93. The van der Waals surface area contributed by atoms with E-state index in [1.165, 1.54) is 25.7 Å². The first-order valence-corrected chi connectivity index (χ1v) is 4.14. The first-order chi connectivity index (χ1) is 4.84. The Morgan fingerprint density at radius 1 is 1.60 bits per heavy atom. The zero-order valence-electron chi connectivity index (χ0n) is 6.64. The number of nitrogens with two attached hydrogens (primary N) is 1. The van der Waals surface area contributed by atoms with Crippen molar-refractivity contribution in [2.24, 2.45) is 16.6 Å². The lowest BCUT2D eigenvalue weighted by molar-refractivity contribution is 0.803. The van der Waals surface area contributed by atoms with Gasteiger partial charge in [-0.15, -0.1) is 0 Å². The quantitative estimate of drug-likeness (QED) is 0.359. The average molecular weight is 140 g/mol. The molecule has 1 saturated carbocycles. The van der Waals surface area contributed by atoms with Crippen molar-refractivity contribution in [1.82, 2.24) is 0 Å². The van der Waals surface area contributed by atoms with Crippen molar-refractivity contribution in [3.05, 3.63) is 0 Å². The molecule has 0 heterocycles. The third-order valence-electron chi connectivity index (χ3n) is 1.80. The van der Waals surface area contributed by atoms with Crippen LogP contribution < -0.4 is 5.73 Å². The maximum atomic E-state index is 5.67. The van der Waals surface area contributed by atoms with Crippen molar-refractivity contribution in [2.45, 2.75) is 32.6 Å². The first kappa shape index (κ1) is 7.58. The number of hydrogen-bond acceptors (Lipinski definition) is 1. The summed E-state index contributed by atoms with van der Waals surface area (Å²) in [5.41, 5.74) is 5.67. The molecule has 58 valence electrons. The minimum absolute atomic E-state index is 0.650. The van der Waals surface area contributed by atoms with Crippen LogP contribution in [-0.4, -0.2) is 12.4 Å². The first-order valence-electron chi connectivity index (χ1n) is 4.14. The van der Waals surface area contributed by atoms with Crippen LogP contribution >= 0.6 is 0 Å². The second kappa shape index (κ2) is 3.59. The molecule has 0 spiro atoms. The molecule has 1 aliphatic rings. The molecule has 0 radical (unpaired) electrons. The molecule has 1 fully saturated rings. The van der Waals surface area contributed by atoms with E-state index in [0.717, 1.165) is 12.4 Å². The van der Waals surface area contributed by atoms with Crippen LogP contribution in [0.5, 0.6) is 0 Å². The monoisotopic (exact) mass is 140 g/mol. The van der Waals surface area contributed by atoms with Crippen LogP contribution in [-0.2, 0) is 0 Å². The zero-order chi connectivity index (χ0) is 7.40. The van der Waals surface area contributed by atoms with Gasteiger partial charge in [-0.1, -0.05) is 13.3 Å². The molecule has 0 aliphatic heterocycles. The molecule has 2 nitrogen and oxygen atoms in total. The fourth-order valence-corrected chi connectivity index (χ4v) is 0.874. The van der Waals surface area contributed by atoms with Crippen molar-refractivity contribution < 1.29 is 0 Å². The van der Waals surface area contributed by atoms with Gasteiger partial charge in [0.15, 0.2) is 0 Å². The van der Waals surface area contributed by atoms with Crippen molar-refractivity contribution in [2.75, 3.05) is 6.54 Å². The Morgan fingerprint density at radius 2 is 2.30 bits per heavy atom. The van der Waals surface area contributed by atoms with Gasteiger partial charge in [0.05, 0.1) is 5.84 Å². The predicted octanol–water partition coefficient (Wildman–Crippen LogP) is 1.55. The fourth-order valence-electron chi connectivity index (χ4n) is 0.874. The molecule has 1 rings (SSSR count). The van der Waals surface area contributed by atoms with E-state index < -0.39 is 0 Å². The molecule has 0 aromatic carbocycles. The highest BCUT2D eigenvalue weighted by Crippen LogP contribution is 2.28. The molecule has 1 aliphatic carbocycles. The lowest BCUT2D eigenvalue weighted by Gasteiger charge is -1.95. The zero-order valence-corrected chi connectivity index (χ0v) is 6.64. The van der Waals surface area contributed by atoms with Crippen LogP contribution in [0.15, 0.2) is 4.99 Å². The molecule has 0 amide bonds. The lowest BCUT2D eigenvalue weighted by Crippen LogP contribution is -2.14. The lowest BCUT2D eigenvalue weighted by atomic mass is 10.3. The summed E-state index contributed by atoms with van der Waals surface area (Å²) in [6, 6.07) is 0. The number of amidine groups is 1. The summed E-state index contributed by atoms with van der Waals surface area (Å²) < 4.78 is 0. The van der Waals surface area contributed by atoms with E-state index in [9.17, 15) is 0 Å². The van der Waals surface area contributed by atoms with Crippen LogP contribution in [0.3, 0.4) is 0 Å². The summed E-state index contributed by atoms with van der Waals surface area (Å²) in [7, 11) is 0. The van der Waals surface area contributed by atoms with Gasteiger partial charge in [0.1, 0.15) is 0 Å². The predicted molar refractivity (Wildman–Crippen MR) is 44.1 cm³/mol. The number of nitrogens with zero attached hydrogens (tertiary/aromatic N) is 1.